The number of hydrogen-bond acceptors (Lipinski definition) is 3. The van der Waals surface area contributed by atoms with Crippen molar-refractivity contribution in [1.82, 2.24) is 5.32 Å². The van der Waals surface area contributed by atoms with Crippen LogP contribution >= 0.6 is 11.8 Å². The first-order valence-electron chi connectivity index (χ1n) is 5.85. The molecule has 0 aliphatic heterocycles. The molecule has 0 aromatic heterocycles. The maximum absolute atomic E-state index is 11.7. The van der Waals surface area contributed by atoms with Crippen LogP contribution in [0.2, 0.25) is 0 Å². The number of carbonyl (C=O) groups excluding carboxylic acids is 1. The van der Waals surface area contributed by atoms with Crippen molar-refractivity contribution in [3.8, 4) is 0 Å². The summed E-state index contributed by atoms with van der Waals surface area (Å²) in [6.07, 6.45) is 1.98. The monoisotopic (exact) mass is 282 g/mol. The van der Waals surface area contributed by atoms with Gasteiger partial charge in [-0.25, -0.2) is 9.59 Å². The fourth-order valence-corrected chi connectivity index (χ4v) is 1.63. The molecule has 5 nitrogen and oxygen atoms in total. The molecule has 1 aromatic carbocycles. The average molecular weight is 282 g/mol. The number of carbonyl (C=O) groups is 2. The zero-order valence-electron chi connectivity index (χ0n) is 11.2. The van der Waals surface area contributed by atoms with Crippen LogP contribution in [0.15, 0.2) is 18.2 Å². The topological polar surface area (TPSA) is 78.4 Å². The Kier molecular flexibility index (Phi) is 5.69. The highest BCUT2D eigenvalue weighted by Gasteiger charge is 2.09. The molecule has 104 valence electrons. The van der Waals surface area contributed by atoms with E-state index in [0.29, 0.717) is 17.5 Å². The maximum Gasteiger partial charge on any atom is 0.335 e. The van der Waals surface area contributed by atoms with Crippen molar-refractivity contribution in [2.75, 3.05) is 18.1 Å². The number of benzene rings is 1. The highest BCUT2D eigenvalue weighted by Crippen LogP contribution is 2.16. The van der Waals surface area contributed by atoms with Gasteiger partial charge in [-0.05, 0) is 30.9 Å². The fraction of sp³-hybridized carbons (Fsp3) is 0.385. The zero-order valence-corrected chi connectivity index (χ0v) is 12.0. The highest BCUT2D eigenvalue weighted by molar-refractivity contribution is 7.99. The van der Waals surface area contributed by atoms with E-state index in [9.17, 15) is 9.59 Å². The largest absolute Gasteiger partial charge is 0.478 e. The lowest BCUT2D eigenvalue weighted by Gasteiger charge is -2.12. The van der Waals surface area contributed by atoms with Gasteiger partial charge in [0.25, 0.3) is 0 Å². The van der Waals surface area contributed by atoms with Gasteiger partial charge in [0.1, 0.15) is 0 Å². The molecule has 1 atom stereocenters. The molecule has 0 aliphatic carbocycles. The van der Waals surface area contributed by atoms with E-state index in [1.807, 2.05) is 20.1 Å². The number of anilines is 1. The van der Waals surface area contributed by atoms with Crippen LogP contribution in [-0.2, 0) is 0 Å². The number of carboxylic acids is 1. The molecule has 0 heterocycles. The van der Waals surface area contributed by atoms with Gasteiger partial charge in [0.05, 0.1) is 5.56 Å². The van der Waals surface area contributed by atoms with E-state index < -0.39 is 5.97 Å². The minimum Gasteiger partial charge on any atom is -0.478 e. The van der Waals surface area contributed by atoms with Gasteiger partial charge in [-0.3, -0.25) is 0 Å². The number of hydrogen-bond donors (Lipinski definition) is 3. The molecule has 2 amide bonds. The van der Waals surface area contributed by atoms with Gasteiger partial charge in [0.2, 0.25) is 0 Å². The Morgan fingerprint density at radius 1 is 1.42 bits per heavy atom. The molecule has 0 saturated carbocycles. The molecule has 19 heavy (non-hydrogen) atoms. The van der Waals surface area contributed by atoms with Gasteiger partial charge >= 0.3 is 12.0 Å². The number of aromatic carboxylic acids is 1. The summed E-state index contributed by atoms with van der Waals surface area (Å²) in [4.78, 5) is 22.6. The van der Waals surface area contributed by atoms with Crippen LogP contribution in [0.25, 0.3) is 0 Å². The number of rotatable bonds is 5. The Hall–Kier alpha value is -1.69. The lowest BCUT2D eigenvalue weighted by molar-refractivity contribution is 0.0697. The predicted octanol–water partition coefficient (Wildman–Crippen LogP) is 2.57. The molecule has 0 fully saturated rings. The van der Waals surface area contributed by atoms with E-state index in [1.54, 1.807) is 17.8 Å². The summed E-state index contributed by atoms with van der Waals surface area (Å²) in [6.45, 7) is 4.39. The van der Waals surface area contributed by atoms with E-state index >= 15 is 0 Å². The Labute approximate surface area is 116 Å². The first kappa shape index (κ1) is 15.4. The Bertz CT molecular complexity index is 477. The molecular weight excluding hydrogens is 264 g/mol. The smallest absolute Gasteiger partial charge is 0.335 e. The van der Waals surface area contributed by atoms with Gasteiger partial charge in [0.15, 0.2) is 0 Å². The van der Waals surface area contributed by atoms with E-state index in [1.165, 1.54) is 12.1 Å². The van der Waals surface area contributed by atoms with Crippen LogP contribution in [-0.4, -0.2) is 35.2 Å². The van der Waals surface area contributed by atoms with Crippen molar-refractivity contribution in [3.05, 3.63) is 29.3 Å². The summed E-state index contributed by atoms with van der Waals surface area (Å²) >= 11 is 1.66. The summed E-state index contributed by atoms with van der Waals surface area (Å²) in [5.41, 5.74) is 1.48. The Morgan fingerprint density at radius 2 is 2.11 bits per heavy atom. The van der Waals surface area contributed by atoms with Crippen molar-refractivity contribution in [3.63, 3.8) is 0 Å². The van der Waals surface area contributed by atoms with Crippen LogP contribution in [0.3, 0.4) is 0 Å². The molecule has 1 rings (SSSR count). The fourth-order valence-electron chi connectivity index (χ4n) is 1.38. The van der Waals surface area contributed by atoms with Gasteiger partial charge in [-0.15, -0.1) is 0 Å². The zero-order chi connectivity index (χ0) is 14.4. The molecule has 0 bridgehead atoms. The molecule has 3 N–H and O–H groups in total. The van der Waals surface area contributed by atoms with Crippen LogP contribution in [0, 0.1) is 6.92 Å². The van der Waals surface area contributed by atoms with Crippen LogP contribution in [0.4, 0.5) is 10.5 Å². The number of amides is 2. The van der Waals surface area contributed by atoms with E-state index in [4.69, 9.17) is 5.11 Å². The normalized spacial score (nSPS) is 11.7. The molecule has 0 spiro atoms. The SMILES string of the molecule is CSC(C)CNC(=O)Nc1cc(C(=O)O)ccc1C. The molecule has 0 aliphatic rings. The van der Waals surface area contributed by atoms with E-state index in [-0.39, 0.29) is 11.6 Å². The van der Waals surface area contributed by atoms with Crippen LogP contribution < -0.4 is 10.6 Å². The predicted molar refractivity (Wildman–Crippen MR) is 78.1 cm³/mol. The molecule has 6 heteroatoms. The second-order valence-corrected chi connectivity index (χ2v) is 5.49. The summed E-state index contributed by atoms with van der Waals surface area (Å²) in [7, 11) is 0. The lowest BCUT2D eigenvalue weighted by Crippen LogP contribution is -2.33. The summed E-state index contributed by atoms with van der Waals surface area (Å²) in [5.74, 6) is -1.01. The Balaban J connectivity index is 2.68. The van der Waals surface area contributed by atoms with Crippen molar-refractivity contribution in [2.24, 2.45) is 0 Å². The quantitative estimate of drug-likeness (QED) is 0.775. The first-order chi connectivity index (χ1) is 8.93. The summed E-state index contributed by atoms with van der Waals surface area (Å²) in [6, 6.07) is 4.31. The second-order valence-electron chi connectivity index (χ2n) is 4.22. The average Bonchev–Trinajstić information content (AvgIpc) is 2.38. The molecule has 0 saturated heterocycles. The van der Waals surface area contributed by atoms with Gasteiger partial charge in [-0.2, -0.15) is 11.8 Å². The third-order valence-electron chi connectivity index (χ3n) is 2.69. The van der Waals surface area contributed by atoms with Crippen LogP contribution in [0.1, 0.15) is 22.8 Å². The number of carboxylic acid groups (broad SMARTS) is 1. The van der Waals surface area contributed by atoms with E-state index in [2.05, 4.69) is 10.6 Å². The molecule has 1 aromatic rings. The number of aryl methyl sites for hydroxylation is 1. The van der Waals surface area contributed by atoms with Crippen molar-refractivity contribution < 1.29 is 14.7 Å². The minimum atomic E-state index is -1.01. The lowest BCUT2D eigenvalue weighted by atomic mass is 10.1. The van der Waals surface area contributed by atoms with Crippen molar-refractivity contribution in [2.45, 2.75) is 19.1 Å². The Morgan fingerprint density at radius 3 is 2.68 bits per heavy atom. The van der Waals surface area contributed by atoms with Gasteiger partial charge < -0.3 is 15.7 Å². The first-order valence-corrected chi connectivity index (χ1v) is 7.14. The van der Waals surface area contributed by atoms with Gasteiger partial charge in [-0.1, -0.05) is 13.0 Å². The third-order valence-corrected chi connectivity index (χ3v) is 3.66. The van der Waals surface area contributed by atoms with Crippen LogP contribution in [0.5, 0.6) is 0 Å². The molecular formula is C13H18N2O3S. The van der Waals surface area contributed by atoms with E-state index in [0.717, 1.165) is 5.56 Å². The number of nitrogens with one attached hydrogen (secondary N) is 2. The molecule has 1 unspecified atom stereocenters. The second kappa shape index (κ2) is 7.04. The highest BCUT2D eigenvalue weighted by atomic mass is 32.2. The van der Waals surface area contributed by atoms with Crippen molar-refractivity contribution >= 4 is 29.4 Å². The number of thioether (sulfide) groups is 1. The summed E-state index contributed by atoms with van der Waals surface area (Å²) < 4.78 is 0. The summed E-state index contributed by atoms with van der Waals surface area (Å²) in [5, 5.41) is 14.6. The minimum absolute atomic E-state index is 0.151. The van der Waals surface area contributed by atoms with Gasteiger partial charge in [0, 0.05) is 17.5 Å². The molecule has 0 radical (unpaired) electrons. The standard InChI is InChI=1S/C13H18N2O3S/c1-8-4-5-10(12(16)17)6-11(8)15-13(18)14-7-9(2)19-3/h4-6,9H,7H2,1-3H3,(H,16,17)(H2,14,15,18). The number of urea groups is 1. The third kappa shape index (κ3) is 4.82. The van der Waals surface area contributed by atoms with Crippen molar-refractivity contribution in [1.29, 1.82) is 0 Å². The maximum atomic E-state index is 11.7.